The molecule has 0 aromatic rings. The van der Waals surface area contributed by atoms with E-state index in [0.717, 1.165) is 64.6 Å². The van der Waals surface area contributed by atoms with E-state index in [1.54, 1.807) is 0 Å². The largest absolute Gasteiger partial charge is 0.463 e. The molecule has 0 N–H and O–H groups in total. The van der Waals surface area contributed by atoms with Gasteiger partial charge in [-0.25, -0.2) is 0 Å². The van der Waals surface area contributed by atoms with Gasteiger partial charge in [0.2, 0.25) is 0 Å². The van der Waals surface area contributed by atoms with Crippen LogP contribution in [0.15, 0.2) is 24.3 Å². The third-order valence-corrected chi connectivity index (χ3v) is 5.50. The van der Waals surface area contributed by atoms with Crippen molar-refractivity contribution in [2.45, 2.75) is 102 Å². The van der Waals surface area contributed by atoms with E-state index in [0.29, 0.717) is 26.1 Å². The van der Waals surface area contributed by atoms with Gasteiger partial charge in [-0.1, -0.05) is 50.0 Å². The van der Waals surface area contributed by atoms with E-state index < -0.39 is 0 Å². The van der Waals surface area contributed by atoms with Gasteiger partial charge in [-0.2, -0.15) is 0 Å². The summed E-state index contributed by atoms with van der Waals surface area (Å²) in [5, 5.41) is 0. The molecule has 6 nitrogen and oxygen atoms in total. The van der Waals surface area contributed by atoms with Crippen molar-refractivity contribution >= 4 is 11.9 Å². The maximum absolute atomic E-state index is 11.5. The van der Waals surface area contributed by atoms with E-state index in [1.165, 1.54) is 25.7 Å². The molecular formula is C26H42O6. The molecule has 182 valence electrons. The van der Waals surface area contributed by atoms with Gasteiger partial charge in [-0.15, -0.1) is 0 Å². The number of hydrogen-bond donors (Lipinski definition) is 0. The molecule has 2 heterocycles. The first-order valence-electron chi connectivity index (χ1n) is 12.6. The Balaban J connectivity index is 1.24. The van der Waals surface area contributed by atoms with Crippen molar-refractivity contribution in [3.8, 4) is 0 Å². The van der Waals surface area contributed by atoms with Crippen molar-refractivity contribution in [2.75, 3.05) is 26.4 Å². The van der Waals surface area contributed by atoms with E-state index in [2.05, 4.69) is 24.3 Å². The molecule has 0 amide bonds. The van der Waals surface area contributed by atoms with Gasteiger partial charge < -0.3 is 18.9 Å². The Hall–Kier alpha value is -1.66. The third-order valence-electron chi connectivity index (χ3n) is 5.50. The van der Waals surface area contributed by atoms with Gasteiger partial charge in [-0.3, -0.25) is 9.59 Å². The summed E-state index contributed by atoms with van der Waals surface area (Å²) < 4.78 is 20.3. The van der Waals surface area contributed by atoms with Gasteiger partial charge in [0, 0.05) is 12.8 Å². The highest BCUT2D eigenvalue weighted by atomic mass is 16.6. The number of hydrogen-bond acceptors (Lipinski definition) is 6. The lowest BCUT2D eigenvalue weighted by molar-refractivity contribution is -0.145. The van der Waals surface area contributed by atoms with E-state index in [9.17, 15) is 9.59 Å². The fraction of sp³-hybridized carbons (Fsp3) is 0.769. The minimum atomic E-state index is -0.0920. The molecule has 0 aliphatic carbocycles. The normalized spacial score (nSPS) is 19.5. The Morgan fingerprint density at radius 1 is 0.594 bits per heavy atom. The zero-order valence-electron chi connectivity index (χ0n) is 19.6. The number of ether oxygens (including phenoxy) is 4. The minimum absolute atomic E-state index is 0.0920. The summed E-state index contributed by atoms with van der Waals surface area (Å²) in [6.07, 6.45) is 23.6. The number of rotatable bonds is 21. The molecular weight excluding hydrogens is 408 g/mol. The summed E-state index contributed by atoms with van der Waals surface area (Å²) in [5.41, 5.74) is 0. The summed E-state index contributed by atoms with van der Waals surface area (Å²) >= 11 is 0. The van der Waals surface area contributed by atoms with Crippen LogP contribution >= 0.6 is 0 Å². The molecule has 32 heavy (non-hydrogen) atoms. The van der Waals surface area contributed by atoms with E-state index >= 15 is 0 Å². The van der Waals surface area contributed by atoms with Crippen molar-refractivity contribution < 1.29 is 28.5 Å². The summed E-state index contributed by atoms with van der Waals surface area (Å²) in [5.74, 6) is -0.184. The Kier molecular flexibility index (Phi) is 14.8. The van der Waals surface area contributed by atoms with Crippen LogP contribution in [0.5, 0.6) is 0 Å². The van der Waals surface area contributed by atoms with Crippen LogP contribution in [0.1, 0.15) is 89.9 Å². The highest BCUT2D eigenvalue weighted by molar-refractivity contribution is 5.69. The van der Waals surface area contributed by atoms with Crippen LogP contribution in [0, 0.1) is 0 Å². The minimum Gasteiger partial charge on any atom is -0.463 e. The van der Waals surface area contributed by atoms with Crippen LogP contribution in [0.2, 0.25) is 0 Å². The predicted octanol–water partition coefficient (Wildman–Crippen LogP) is 5.44. The average Bonchev–Trinajstić information content (AvgIpc) is 3.70. The van der Waals surface area contributed by atoms with Crippen LogP contribution in [0.25, 0.3) is 0 Å². The molecule has 2 aliphatic heterocycles. The van der Waals surface area contributed by atoms with Gasteiger partial charge in [-0.05, 0) is 51.4 Å². The topological polar surface area (TPSA) is 77.7 Å². The van der Waals surface area contributed by atoms with Gasteiger partial charge in [0.25, 0.3) is 0 Å². The smallest absolute Gasteiger partial charge is 0.305 e. The molecule has 6 heteroatoms. The zero-order chi connectivity index (χ0) is 22.7. The summed E-state index contributed by atoms with van der Waals surface area (Å²) in [4.78, 5) is 23.0. The molecule has 0 aromatic heterocycles. The standard InChI is InChI=1S/C26H42O6/c27-25(31-21-23-19-29-23)17-15-13-11-9-7-5-3-1-2-4-6-8-10-12-14-16-18-26(28)32-22-24-20-30-24/h3-6,23-24H,1-2,7-22H2. The second kappa shape index (κ2) is 17.8. The average molecular weight is 451 g/mol. The predicted molar refractivity (Wildman–Crippen MR) is 124 cm³/mol. The molecule has 2 saturated heterocycles. The molecule has 0 saturated carbocycles. The van der Waals surface area contributed by atoms with E-state index in [1.807, 2.05) is 0 Å². The SMILES string of the molecule is O=C(CCCCCCC=CCCC=CCCCCCCC(=O)OCC1CO1)OCC1CO1. The molecule has 2 rings (SSSR count). The van der Waals surface area contributed by atoms with Gasteiger partial charge in [0.05, 0.1) is 13.2 Å². The first-order valence-corrected chi connectivity index (χ1v) is 12.6. The van der Waals surface area contributed by atoms with Crippen LogP contribution in [0.3, 0.4) is 0 Å². The summed E-state index contributed by atoms with van der Waals surface area (Å²) in [6, 6.07) is 0. The molecule has 2 unspecified atom stereocenters. The molecule has 0 spiro atoms. The van der Waals surface area contributed by atoms with Gasteiger partial charge >= 0.3 is 11.9 Å². The lowest BCUT2D eigenvalue weighted by Gasteiger charge is -2.02. The molecule has 0 bridgehead atoms. The van der Waals surface area contributed by atoms with Crippen molar-refractivity contribution in [3.63, 3.8) is 0 Å². The maximum atomic E-state index is 11.5. The number of carbonyl (C=O) groups is 2. The summed E-state index contributed by atoms with van der Waals surface area (Å²) in [6.45, 7) is 2.32. The molecule has 0 aromatic carbocycles. The Morgan fingerprint density at radius 2 is 0.969 bits per heavy atom. The van der Waals surface area contributed by atoms with Crippen molar-refractivity contribution in [3.05, 3.63) is 24.3 Å². The molecule has 2 aliphatic rings. The first-order chi connectivity index (χ1) is 15.7. The second-order valence-electron chi connectivity index (χ2n) is 8.70. The first kappa shape index (κ1) is 26.6. The third kappa shape index (κ3) is 17.0. The van der Waals surface area contributed by atoms with E-state index in [4.69, 9.17) is 18.9 Å². The van der Waals surface area contributed by atoms with Gasteiger partial charge in [0.1, 0.15) is 25.4 Å². The maximum Gasteiger partial charge on any atom is 0.305 e. The van der Waals surface area contributed by atoms with Crippen LogP contribution in [0.4, 0.5) is 0 Å². The van der Waals surface area contributed by atoms with Crippen molar-refractivity contribution in [1.82, 2.24) is 0 Å². The number of carbonyl (C=O) groups excluding carboxylic acids is 2. The Bertz CT molecular complexity index is 513. The monoisotopic (exact) mass is 450 g/mol. The molecule has 2 fully saturated rings. The lowest BCUT2D eigenvalue weighted by atomic mass is 10.1. The van der Waals surface area contributed by atoms with Crippen molar-refractivity contribution in [1.29, 1.82) is 0 Å². The highest BCUT2D eigenvalue weighted by Crippen LogP contribution is 2.12. The van der Waals surface area contributed by atoms with Crippen LogP contribution in [-0.4, -0.2) is 50.6 Å². The van der Waals surface area contributed by atoms with E-state index in [-0.39, 0.29) is 24.1 Å². The van der Waals surface area contributed by atoms with Crippen LogP contribution < -0.4 is 0 Å². The Morgan fingerprint density at radius 3 is 1.38 bits per heavy atom. The fourth-order valence-corrected chi connectivity index (χ4v) is 3.28. The number of unbranched alkanes of at least 4 members (excludes halogenated alkanes) is 9. The quantitative estimate of drug-likeness (QED) is 0.100. The number of esters is 2. The zero-order valence-corrected chi connectivity index (χ0v) is 19.6. The second-order valence-corrected chi connectivity index (χ2v) is 8.70. The van der Waals surface area contributed by atoms with Crippen LogP contribution in [-0.2, 0) is 28.5 Å². The van der Waals surface area contributed by atoms with Crippen molar-refractivity contribution in [2.24, 2.45) is 0 Å². The molecule has 0 radical (unpaired) electrons. The fourth-order valence-electron chi connectivity index (χ4n) is 3.28. The highest BCUT2D eigenvalue weighted by Gasteiger charge is 2.24. The van der Waals surface area contributed by atoms with Gasteiger partial charge in [0.15, 0.2) is 0 Å². The lowest BCUT2D eigenvalue weighted by Crippen LogP contribution is -2.09. The Labute approximate surface area is 193 Å². The summed E-state index contributed by atoms with van der Waals surface area (Å²) in [7, 11) is 0. The number of epoxide rings is 2. The molecule has 2 atom stereocenters. The number of allylic oxidation sites excluding steroid dienone is 4.